The van der Waals surface area contributed by atoms with E-state index in [0.717, 1.165) is 15.8 Å². The van der Waals surface area contributed by atoms with Crippen LogP contribution in [0.5, 0.6) is 5.75 Å². The maximum Gasteiger partial charge on any atom is 0.573 e. The Bertz CT molecular complexity index is 1190. The van der Waals surface area contributed by atoms with E-state index in [-0.39, 0.29) is 11.4 Å². The highest BCUT2D eigenvalue weighted by atomic mass is 32.1. The van der Waals surface area contributed by atoms with Crippen LogP contribution < -0.4 is 21.1 Å². The van der Waals surface area contributed by atoms with Gasteiger partial charge in [-0.1, -0.05) is 17.4 Å². The molecule has 2 aromatic heterocycles. The average molecular weight is 432 g/mol. The van der Waals surface area contributed by atoms with E-state index >= 15 is 0 Å². The van der Waals surface area contributed by atoms with Crippen molar-refractivity contribution in [3.63, 3.8) is 0 Å². The molecule has 0 saturated carbocycles. The molecular weight excluding hydrogens is 417 g/mol. The van der Waals surface area contributed by atoms with Crippen LogP contribution in [0.1, 0.15) is 5.56 Å². The molecule has 11 heteroatoms. The molecule has 154 valence electrons. The molecular formula is C19H15F3N6OS. The average Bonchev–Trinajstić information content (AvgIpc) is 3.07. The Balaban J connectivity index is 1.52. The maximum atomic E-state index is 12.3. The number of anilines is 5. The Morgan fingerprint density at radius 1 is 1.00 bits per heavy atom. The van der Waals surface area contributed by atoms with E-state index in [0.29, 0.717) is 22.5 Å². The van der Waals surface area contributed by atoms with Gasteiger partial charge in [-0.2, -0.15) is 0 Å². The largest absolute Gasteiger partial charge is 0.573 e. The number of alkyl halides is 3. The second-order valence-corrected chi connectivity index (χ2v) is 7.33. The molecule has 0 radical (unpaired) electrons. The first kappa shape index (κ1) is 19.7. The molecule has 4 N–H and O–H groups in total. The van der Waals surface area contributed by atoms with Gasteiger partial charge in [0.25, 0.3) is 0 Å². The normalized spacial score (nSPS) is 11.5. The molecule has 0 spiro atoms. The number of fused-ring (bicyclic) bond motifs is 1. The lowest BCUT2D eigenvalue weighted by molar-refractivity contribution is -0.274. The Kier molecular flexibility index (Phi) is 5.04. The minimum Gasteiger partial charge on any atom is -0.406 e. The maximum absolute atomic E-state index is 12.3. The predicted molar refractivity (Wildman–Crippen MR) is 110 cm³/mol. The highest BCUT2D eigenvalue weighted by molar-refractivity contribution is 7.22. The molecule has 0 aliphatic carbocycles. The SMILES string of the molecule is Cc1ccc2nc(Nc3ncnc(Nc4ccc(OC(F)(F)F)cc4)c3N)sc2c1. The van der Waals surface area contributed by atoms with Gasteiger partial charge in [-0.25, -0.2) is 15.0 Å². The number of nitrogen functional groups attached to an aromatic ring is 1. The Hall–Kier alpha value is -3.60. The summed E-state index contributed by atoms with van der Waals surface area (Å²) < 4.78 is 41.7. The summed E-state index contributed by atoms with van der Waals surface area (Å²) >= 11 is 1.47. The number of halogens is 3. The number of nitrogens with one attached hydrogen (secondary N) is 2. The van der Waals surface area contributed by atoms with Crippen molar-refractivity contribution in [3.8, 4) is 5.75 Å². The van der Waals surface area contributed by atoms with E-state index in [2.05, 4.69) is 30.3 Å². The van der Waals surface area contributed by atoms with Gasteiger partial charge in [0.1, 0.15) is 17.8 Å². The van der Waals surface area contributed by atoms with E-state index in [1.165, 1.54) is 41.9 Å². The second-order valence-electron chi connectivity index (χ2n) is 6.30. The zero-order chi connectivity index (χ0) is 21.3. The topological polar surface area (TPSA) is 98.0 Å². The molecule has 2 heterocycles. The van der Waals surface area contributed by atoms with Crippen molar-refractivity contribution in [1.29, 1.82) is 0 Å². The lowest BCUT2D eigenvalue weighted by Crippen LogP contribution is -2.17. The molecule has 0 aliphatic heterocycles. The third-order valence-corrected chi connectivity index (χ3v) is 4.94. The van der Waals surface area contributed by atoms with Crippen LogP contribution in [-0.4, -0.2) is 21.3 Å². The molecule has 7 nitrogen and oxygen atoms in total. The molecule has 0 unspecified atom stereocenters. The molecule has 4 rings (SSSR count). The molecule has 0 fully saturated rings. The van der Waals surface area contributed by atoms with Crippen molar-refractivity contribution >= 4 is 49.7 Å². The van der Waals surface area contributed by atoms with Crippen LogP contribution in [0.2, 0.25) is 0 Å². The smallest absolute Gasteiger partial charge is 0.406 e. The second kappa shape index (κ2) is 7.67. The third kappa shape index (κ3) is 4.51. The number of thiazole rings is 1. The van der Waals surface area contributed by atoms with Crippen LogP contribution >= 0.6 is 11.3 Å². The molecule has 2 aromatic carbocycles. The number of rotatable bonds is 5. The van der Waals surface area contributed by atoms with E-state index in [9.17, 15) is 13.2 Å². The molecule has 0 atom stereocenters. The van der Waals surface area contributed by atoms with Crippen molar-refractivity contribution in [2.45, 2.75) is 13.3 Å². The van der Waals surface area contributed by atoms with Crippen LogP contribution in [-0.2, 0) is 0 Å². The molecule has 0 saturated heterocycles. The Morgan fingerprint density at radius 3 is 2.40 bits per heavy atom. The molecule has 0 amide bonds. The van der Waals surface area contributed by atoms with Gasteiger partial charge in [-0.3, -0.25) is 0 Å². The number of nitrogens with zero attached hydrogens (tertiary/aromatic N) is 3. The van der Waals surface area contributed by atoms with Crippen LogP contribution in [0.4, 0.5) is 41.3 Å². The number of nitrogens with two attached hydrogens (primary N) is 1. The monoisotopic (exact) mass is 432 g/mol. The van der Waals surface area contributed by atoms with Gasteiger partial charge < -0.3 is 21.1 Å². The summed E-state index contributed by atoms with van der Waals surface area (Å²) in [6, 6.07) is 11.2. The van der Waals surface area contributed by atoms with Crippen molar-refractivity contribution in [2.75, 3.05) is 16.4 Å². The number of hydrogen-bond acceptors (Lipinski definition) is 8. The van der Waals surface area contributed by atoms with Crippen molar-refractivity contribution in [2.24, 2.45) is 0 Å². The number of aromatic nitrogens is 3. The Morgan fingerprint density at radius 2 is 1.70 bits per heavy atom. The van der Waals surface area contributed by atoms with Crippen LogP contribution in [0.25, 0.3) is 10.2 Å². The summed E-state index contributed by atoms with van der Waals surface area (Å²) in [6.07, 6.45) is -3.43. The summed E-state index contributed by atoms with van der Waals surface area (Å²) in [5, 5.41) is 6.67. The lowest BCUT2D eigenvalue weighted by Gasteiger charge is -2.12. The predicted octanol–water partition coefficient (Wildman–Crippen LogP) is 5.36. The minimum atomic E-state index is -4.74. The molecule has 30 heavy (non-hydrogen) atoms. The summed E-state index contributed by atoms with van der Waals surface area (Å²) in [4.78, 5) is 12.8. The van der Waals surface area contributed by atoms with Gasteiger partial charge in [0.05, 0.1) is 10.2 Å². The first-order valence-electron chi connectivity index (χ1n) is 8.64. The Labute approximate surface area is 172 Å². The quantitative estimate of drug-likeness (QED) is 0.390. The van der Waals surface area contributed by atoms with Crippen LogP contribution in [0.3, 0.4) is 0 Å². The summed E-state index contributed by atoms with van der Waals surface area (Å²) in [7, 11) is 0. The fourth-order valence-electron chi connectivity index (χ4n) is 2.66. The van der Waals surface area contributed by atoms with Gasteiger partial charge in [0.2, 0.25) is 0 Å². The number of ether oxygens (including phenoxy) is 1. The molecule has 4 aromatic rings. The zero-order valence-electron chi connectivity index (χ0n) is 15.5. The van der Waals surface area contributed by atoms with E-state index < -0.39 is 6.36 Å². The van der Waals surface area contributed by atoms with Gasteiger partial charge in [0.15, 0.2) is 16.8 Å². The van der Waals surface area contributed by atoms with Gasteiger partial charge >= 0.3 is 6.36 Å². The van der Waals surface area contributed by atoms with Crippen LogP contribution in [0.15, 0.2) is 48.8 Å². The van der Waals surface area contributed by atoms with E-state index in [1.807, 2.05) is 25.1 Å². The summed E-state index contributed by atoms with van der Waals surface area (Å²) in [6.45, 7) is 2.01. The molecule has 0 bridgehead atoms. The van der Waals surface area contributed by atoms with Crippen LogP contribution in [0, 0.1) is 6.92 Å². The summed E-state index contributed by atoms with van der Waals surface area (Å²) in [5.41, 5.74) is 8.88. The van der Waals surface area contributed by atoms with Gasteiger partial charge in [0, 0.05) is 5.69 Å². The fraction of sp³-hybridized carbons (Fsp3) is 0.105. The fourth-order valence-corrected chi connectivity index (χ4v) is 3.62. The first-order valence-corrected chi connectivity index (χ1v) is 9.46. The third-order valence-electron chi connectivity index (χ3n) is 4.00. The van der Waals surface area contributed by atoms with E-state index in [1.54, 1.807) is 0 Å². The molecule has 0 aliphatic rings. The number of benzene rings is 2. The van der Waals surface area contributed by atoms with E-state index in [4.69, 9.17) is 5.73 Å². The first-order chi connectivity index (χ1) is 14.3. The minimum absolute atomic E-state index is 0.239. The van der Waals surface area contributed by atoms with Gasteiger partial charge in [-0.15, -0.1) is 13.2 Å². The zero-order valence-corrected chi connectivity index (χ0v) is 16.3. The van der Waals surface area contributed by atoms with Crippen molar-refractivity contribution in [3.05, 3.63) is 54.4 Å². The number of aryl methyl sites for hydroxylation is 1. The van der Waals surface area contributed by atoms with Crippen molar-refractivity contribution in [1.82, 2.24) is 15.0 Å². The highest BCUT2D eigenvalue weighted by Gasteiger charge is 2.30. The number of hydrogen-bond donors (Lipinski definition) is 3. The highest BCUT2D eigenvalue weighted by Crippen LogP contribution is 2.33. The summed E-state index contributed by atoms with van der Waals surface area (Å²) in [5.74, 6) is 0.339. The van der Waals surface area contributed by atoms with Gasteiger partial charge in [-0.05, 0) is 48.9 Å². The standard InChI is InChI=1S/C19H15F3N6OS/c1-10-2-7-13-14(8-10)30-18(27-13)28-17-15(23)16(24-9-25-17)26-11-3-5-12(6-4-11)29-19(20,21)22/h2-9H,23H2,1H3,(H2,24,25,26,27,28). The van der Waals surface area contributed by atoms with Crippen molar-refractivity contribution < 1.29 is 17.9 Å². The lowest BCUT2D eigenvalue weighted by atomic mass is 10.2.